The average molecular weight is 451 g/mol. The second-order valence-corrected chi connectivity index (χ2v) is 9.97. The molecule has 10 heteroatoms. The third-order valence-corrected chi connectivity index (χ3v) is 6.96. The fraction of sp³-hybridized carbons (Fsp3) is 0.400. The van der Waals surface area contributed by atoms with E-state index in [0.717, 1.165) is 5.69 Å². The molecule has 30 heavy (non-hydrogen) atoms. The monoisotopic (exact) mass is 450 g/mol. The standard InChI is InChI=1S/C20H26N4O4S2/c1-5-15-19(23(3)20(25)17-10-7-14-29-17)24-12-6-9-16(18(24)21-15)28-13-8-11-22(2)30(4,26)27/h6-7,9-10,12,14H,5,8,11,13H2,1-4H3. The lowest BCUT2D eigenvalue weighted by Gasteiger charge is -2.18. The third kappa shape index (κ3) is 4.66. The van der Waals surface area contributed by atoms with E-state index in [1.807, 2.05) is 41.1 Å². The summed E-state index contributed by atoms with van der Waals surface area (Å²) < 4.78 is 32.0. The molecule has 0 aromatic carbocycles. The zero-order chi connectivity index (χ0) is 21.9. The summed E-state index contributed by atoms with van der Waals surface area (Å²) in [5.74, 6) is 1.22. The predicted molar refractivity (Wildman–Crippen MR) is 119 cm³/mol. The minimum Gasteiger partial charge on any atom is -0.490 e. The minimum atomic E-state index is -3.20. The molecule has 1 amide bonds. The van der Waals surface area contributed by atoms with Crippen LogP contribution in [0.2, 0.25) is 0 Å². The van der Waals surface area contributed by atoms with Crippen LogP contribution in [0.5, 0.6) is 5.75 Å². The Morgan fingerprint density at radius 1 is 1.27 bits per heavy atom. The first kappa shape index (κ1) is 22.3. The number of carbonyl (C=O) groups is 1. The van der Waals surface area contributed by atoms with Crippen LogP contribution in [0.15, 0.2) is 35.8 Å². The molecule has 3 aromatic rings. The predicted octanol–water partition coefficient (Wildman–Crippen LogP) is 2.90. The third-order valence-electron chi connectivity index (χ3n) is 4.79. The van der Waals surface area contributed by atoms with Gasteiger partial charge in [0.25, 0.3) is 5.91 Å². The molecule has 0 aliphatic rings. The van der Waals surface area contributed by atoms with Crippen LogP contribution in [0.25, 0.3) is 5.65 Å². The number of amides is 1. The largest absolute Gasteiger partial charge is 0.490 e. The molecule has 8 nitrogen and oxygen atoms in total. The number of anilines is 1. The van der Waals surface area contributed by atoms with Gasteiger partial charge in [-0.25, -0.2) is 17.7 Å². The number of thiophene rings is 1. The molecule has 3 rings (SSSR count). The highest BCUT2D eigenvalue weighted by Crippen LogP contribution is 2.29. The molecule has 0 N–H and O–H groups in total. The van der Waals surface area contributed by atoms with Crippen LogP contribution in [0.1, 0.15) is 28.7 Å². The van der Waals surface area contributed by atoms with Crippen molar-refractivity contribution in [3.05, 3.63) is 46.4 Å². The van der Waals surface area contributed by atoms with Gasteiger partial charge in [-0.15, -0.1) is 11.3 Å². The van der Waals surface area contributed by atoms with E-state index in [4.69, 9.17) is 9.72 Å². The van der Waals surface area contributed by atoms with Crippen molar-refractivity contribution in [2.45, 2.75) is 19.8 Å². The van der Waals surface area contributed by atoms with Crippen molar-refractivity contribution in [1.82, 2.24) is 13.7 Å². The highest BCUT2D eigenvalue weighted by Gasteiger charge is 2.23. The van der Waals surface area contributed by atoms with Crippen molar-refractivity contribution in [2.75, 3.05) is 38.4 Å². The van der Waals surface area contributed by atoms with Gasteiger partial charge in [0.1, 0.15) is 5.82 Å². The summed E-state index contributed by atoms with van der Waals surface area (Å²) in [6, 6.07) is 7.33. The Bertz CT molecular complexity index is 1120. The van der Waals surface area contributed by atoms with Gasteiger partial charge in [0.15, 0.2) is 11.4 Å². The summed E-state index contributed by atoms with van der Waals surface area (Å²) in [6.45, 7) is 2.73. The zero-order valence-electron chi connectivity index (χ0n) is 17.5. The number of fused-ring (bicyclic) bond motifs is 1. The Balaban J connectivity index is 1.83. The van der Waals surface area contributed by atoms with Gasteiger partial charge < -0.3 is 4.74 Å². The lowest BCUT2D eigenvalue weighted by molar-refractivity contribution is 0.0995. The molecule has 0 aliphatic heterocycles. The van der Waals surface area contributed by atoms with Crippen LogP contribution in [0.3, 0.4) is 0 Å². The van der Waals surface area contributed by atoms with Crippen LogP contribution in [-0.4, -0.2) is 61.5 Å². The van der Waals surface area contributed by atoms with Gasteiger partial charge in [0, 0.05) is 26.8 Å². The van der Waals surface area contributed by atoms with Crippen LogP contribution in [-0.2, 0) is 16.4 Å². The molecule has 0 bridgehead atoms. The maximum absolute atomic E-state index is 12.9. The first-order valence-corrected chi connectivity index (χ1v) is 12.3. The molecule has 3 aromatic heterocycles. The fourth-order valence-corrected chi connectivity index (χ4v) is 4.24. The van der Waals surface area contributed by atoms with E-state index in [1.165, 1.54) is 21.9 Å². The zero-order valence-corrected chi connectivity index (χ0v) is 19.2. The van der Waals surface area contributed by atoms with E-state index < -0.39 is 10.0 Å². The van der Waals surface area contributed by atoms with Crippen LogP contribution in [0.4, 0.5) is 5.82 Å². The van der Waals surface area contributed by atoms with Crippen molar-refractivity contribution in [1.29, 1.82) is 0 Å². The molecule has 0 radical (unpaired) electrons. The van der Waals surface area contributed by atoms with Gasteiger partial charge in [0.05, 0.1) is 23.4 Å². The summed E-state index contributed by atoms with van der Waals surface area (Å²) in [4.78, 5) is 19.9. The lowest BCUT2D eigenvalue weighted by Crippen LogP contribution is -2.27. The van der Waals surface area contributed by atoms with Crippen LogP contribution >= 0.6 is 11.3 Å². The number of ether oxygens (including phenoxy) is 1. The second-order valence-electron chi connectivity index (χ2n) is 6.93. The van der Waals surface area contributed by atoms with E-state index in [9.17, 15) is 13.2 Å². The number of aryl methyl sites for hydroxylation is 1. The topological polar surface area (TPSA) is 84.2 Å². The van der Waals surface area contributed by atoms with Gasteiger partial charge in [-0.3, -0.25) is 14.1 Å². The normalized spacial score (nSPS) is 11.9. The van der Waals surface area contributed by atoms with Gasteiger partial charge in [0.2, 0.25) is 10.0 Å². The molecule has 0 spiro atoms. The van der Waals surface area contributed by atoms with Gasteiger partial charge in [-0.05, 0) is 36.4 Å². The van der Waals surface area contributed by atoms with E-state index in [0.29, 0.717) is 48.1 Å². The smallest absolute Gasteiger partial charge is 0.269 e. The number of aromatic nitrogens is 2. The maximum Gasteiger partial charge on any atom is 0.269 e. The molecule has 162 valence electrons. The van der Waals surface area contributed by atoms with Gasteiger partial charge in [-0.2, -0.15) is 0 Å². The van der Waals surface area contributed by atoms with Crippen molar-refractivity contribution >= 4 is 38.7 Å². The highest BCUT2D eigenvalue weighted by molar-refractivity contribution is 7.88. The number of pyridine rings is 1. The summed E-state index contributed by atoms with van der Waals surface area (Å²) in [7, 11) is 0.0958. The number of carbonyl (C=O) groups excluding carboxylic acids is 1. The average Bonchev–Trinajstić information content (AvgIpc) is 3.37. The Morgan fingerprint density at radius 3 is 2.67 bits per heavy atom. The molecule has 0 saturated carbocycles. The van der Waals surface area contributed by atoms with Crippen molar-refractivity contribution in [2.24, 2.45) is 0 Å². The molecule has 0 saturated heterocycles. The molecule has 0 atom stereocenters. The number of sulfonamides is 1. The highest BCUT2D eigenvalue weighted by atomic mass is 32.2. The minimum absolute atomic E-state index is 0.0865. The van der Waals surface area contributed by atoms with E-state index in [-0.39, 0.29) is 5.91 Å². The van der Waals surface area contributed by atoms with Crippen molar-refractivity contribution < 1.29 is 17.9 Å². The van der Waals surface area contributed by atoms with E-state index in [1.54, 1.807) is 25.1 Å². The van der Waals surface area contributed by atoms with Gasteiger partial charge >= 0.3 is 0 Å². The number of imidazole rings is 1. The fourth-order valence-electron chi connectivity index (χ4n) is 3.08. The Hall–Kier alpha value is -2.43. The second kappa shape index (κ2) is 9.15. The maximum atomic E-state index is 12.9. The first-order chi connectivity index (χ1) is 14.2. The molecule has 0 aliphatic carbocycles. The summed E-state index contributed by atoms with van der Waals surface area (Å²) >= 11 is 1.40. The van der Waals surface area contributed by atoms with Crippen LogP contribution < -0.4 is 9.64 Å². The summed E-state index contributed by atoms with van der Waals surface area (Å²) in [6.07, 6.45) is 4.26. The Kier molecular flexibility index (Phi) is 6.79. The van der Waals surface area contributed by atoms with Crippen molar-refractivity contribution in [3.63, 3.8) is 0 Å². The van der Waals surface area contributed by atoms with Gasteiger partial charge in [-0.1, -0.05) is 13.0 Å². The Morgan fingerprint density at radius 2 is 2.03 bits per heavy atom. The number of nitrogens with zero attached hydrogens (tertiary/aromatic N) is 4. The molecule has 0 fully saturated rings. The number of hydrogen-bond acceptors (Lipinski definition) is 6. The molecule has 3 heterocycles. The van der Waals surface area contributed by atoms with Crippen LogP contribution in [0, 0.1) is 0 Å². The van der Waals surface area contributed by atoms with E-state index in [2.05, 4.69) is 0 Å². The quantitative estimate of drug-likeness (QED) is 0.468. The van der Waals surface area contributed by atoms with E-state index >= 15 is 0 Å². The first-order valence-electron chi connectivity index (χ1n) is 9.59. The summed E-state index contributed by atoms with van der Waals surface area (Å²) in [5.41, 5.74) is 1.43. The molecular weight excluding hydrogens is 424 g/mol. The lowest BCUT2D eigenvalue weighted by atomic mass is 10.3. The number of hydrogen-bond donors (Lipinski definition) is 0. The summed E-state index contributed by atoms with van der Waals surface area (Å²) in [5, 5.41) is 1.88. The van der Waals surface area contributed by atoms with Crippen molar-refractivity contribution in [3.8, 4) is 5.75 Å². The number of rotatable bonds is 9. The SMILES string of the molecule is CCc1nc2c(OCCCN(C)S(C)(=O)=O)cccn2c1N(C)C(=O)c1cccs1. The Labute approximate surface area is 180 Å². The molecular formula is C20H26N4O4S2. The molecule has 0 unspecified atom stereocenters.